The molecule has 2 aliphatic rings. The van der Waals surface area contributed by atoms with Crippen LogP contribution in [-0.2, 0) is 6.42 Å². The van der Waals surface area contributed by atoms with Gasteiger partial charge in [0.15, 0.2) is 0 Å². The van der Waals surface area contributed by atoms with Crippen LogP contribution in [0.15, 0.2) is 53.1 Å². The van der Waals surface area contributed by atoms with Gasteiger partial charge >= 0.3 is 0 Å². The summed E-state index contributed by atoms with van der Waals surface area (Å²) >= 11 is 0. The Morgan fingerprint density at radius 2 is 2.00 bits per heavy atom. The molecule has 0 heterocycles. The van der Waals surface area contributed by atoms with Gasteiger partial charge in [0, 0.05) is 0 Å². The van der Waals surface area contributed by atoms with Gasteiger partial charge in [-0.3, -0.25) is 0 Å². The molecule has 0 saturated heterocycles. The smallest absolute Gasteiger partial charge is 0.00170 e. The zero-order valence-electron chi connectivity index (χ0n) is 12.3. The zero-order valence-corrected chi connectivity index (χ0v) is 13.4. The lowest BCUT2D eigenvalue weighted by atomic mass is 9.87. The normalized spacial score (nSPS) is 17.9. The molecule has 0 spiro atoms. The molecule has 0 aromatic heterocycles. The molecule has 0 fully saturated rings. The fraction of sp³-hybridized carbons (Fsp3) is 0.368. The highest BCUT2D eigenvalue weighted by Crippen LogP contribution is 2.40. The monoisotopic (exact) mass is 282 g/mol. The molecule has 0 aliphatic heterocycles. The van der Waals surface area contributed by atoms with Gasteiger partial charge in [0.1, 0.15) is 0 Å². The molecule has 104 valence electrons. The number of hydrogen-bond donors (Lipinski definition) is 0. The molecular weight excluding hydrogens is 259 g/mol. The van der Waals surface area contributed by atoms with Crippen molar-refractivity contribution in [1.82, 2.24) is 0 Å². The lowest BCUT2D eigenvalue weighted by Gasteiger charge is -2.19. The van der Waals surface area contributed by atoms with Crippen LogP contribution in [0.4, 0.5) is 0 Å². The average Bonchev–Trinajstić information content (AvgIpc) is 2.62. The first-order chi connectivity index (χ1) is 9.85. The van der Waals surface area contributed by atoms with Crippen molar-refractivity contribution in [2.75, 3.05) is 6.16 Å². The summed E-state index contributed by atoms with van der Waals surface area (Å²) in [7, 11) is 2.95. The van der Waals surface area contributed by atoms with Crippen LogP contribution in [0.25, 0.3) is 5.57 Å². The van der Waals surface area contributed by atoms with Gasteiger partial charge in [0.2, 0.25) is 0 Å². The number of hydrogen-bond acceptors (Lipinski definition) is 0. The molecule has 0 N–H and O–H groups in total. The van der Waals surface area contributed by atoms with Crippen LogP contribution in [0.1, 0.15) is 43.7 Å². The van der Waals surface area contributed by atoms with Gasteiger partial charge < -0.3 is 0 Å². The topological polar surface area (TPSA) is 0 Å². The van der Waals surface area contributed by atoms with E-state index in [0.717, 1.165) is 12.6 Å². The second-order valence-electron chi connectivity index (χ2n) is 5.69. The van der Waals surface area contributed by atoms with Gasteiger partial charge in [0.25, 0.3) is 0 Å². The predicted molar refractivity (Wildman–Crippen MR) is 92.0 cm³/mol. The molecule has 0 amide bonds. The van der Waals surface area contributed by atoms with Gasteiger partial charge in [-0.1, -0.05) is 49.8 Å². The SMILES string of the molecule is CCCC1=C(CP)c2ccccc2CC2=C1CCC=C2. The van der Waals surface area contributed by atoms with E-state index in [1.807, 2.05) is 0 Å². The molecule has 1 aromatic rings. The molecule has 1 heteroatoms. The van der Waals surface area contributed by atoms with Crippen molar-refractivity contribution in [1.29, 1.82) is 0 Å². The Balaban J connectivity index is 2.24. The van der Waals surface area contributed by atoms with Crippen molar-refractivity contribution in [3.8, 4) is 0 Å². The molecule has 3 rings (SSSR count). The Morgan fingerprint density at radius 3 is 2.80 bits per heavy atom. The summed E-state index contributed by atoms with van der Waals surface area (Å²) in [4.78, 5) is 0. The van der Waals surface area contributed by atoms with Crippen molar-refractivity contribution in [3.05, 3.63) is 64.3 Å². The van der Waals surface area contributed by atoms with E-state index in [4.69, 9.17) is 0 Å². The summed E-state index contributed by atoms with van der Waals surface area (Å²) in [6.07, 6.45) is 11.7. The first-order valence-corrected chi connectivity index (χ1v) is 8.56. The molecule has 2 aliphatic carbocycles. The van der Waals surface area contributed by atoms with Gasteiger partial charge in [-0.2, -0.15) is 0 Å². The molecule has 0 saturated carbocycles. The molecular formula is C19H23P. The predicted octanol–water partition coefficient (Wildman–Crippen LogP) is 5.32. The minimum absolute atomic E-state index is 1.06. The van der Waals surface area contributed by atoms with Crippen LogP contribution in [0.2, 0.25) is 0 Å². The summed E-state index contributed by atoms with van der Waals surface area (Å²) in [5.74, 6) is 0. The van der Waals surface area contributed by atoms with E-state index in [0.29, 0.717) is 0 Å². The first kappa shape index (κ1) is 13.8. The zero-order chi connectivity index (χ0) is 13.9. The molecule has 1 aromatic carbocycles. The Hall–Kier alpha value is -1.13. The van der Waals surface area contributed by atoms with Crippen LogP contribution in [0.5, 0.6) is 0 Å². The van der Waals surface area contributed by atoms with Crippen molar-refractivity contribution >= 4 is 14.8 Å². The van der Waals surface area contributed by atoms with Gasteiger partial charge in [0.05, 0.1) is 0 Å². The van der Waals surface area contributed by atoms with Crippen molar-refractivity contribution in [3.63, 3.8) is 0 Å². The second kappa shape index (κ2) is 6.10. The summed E-state index contributed by atoms with van der Waals surface area (Å²) < 4.78 is 0. The van der Waals surface area contributed by atoms with Crippen molar-refractivity contribution < 1.29 is 0 Å². The summed E-state index contributed by atoms with van der Waals surface area (Å²) in [6.45, 7) is 2.29. The lowest BCUT2D eigenvalue weighted by molar-refractivity contribution is 0.859. The maximum atomic E-state index is 2.95. The average molecular weight is 282 g/mol. The largest absolute Gasteiger partial charge is 0.133 e. The summed E-state index contributed by atoms with van der Waals surface area (Å²) in [5, 5.41) is 0. The standard InChI is InChI=1S/C19H23P/c1-2-7-18-16-10-5-3-8-14(16)12-15-9-4-6-11-17(15)19(18)13-20/h3-4,6,8-9,11H,2,5,7,10,12-13,20H2,1H3. The van der Waals surface area contributed by atoms with Crippen molar-refractivity contribution in [2.24, 2.45) is 0 Å². The minimum Gasteiger partial charge on any atom is -0.133 e. The van der Waals surface area contributed by atoms with E-state index in [2.05, 4.69) is 52.6 Å². The van der Waals surface area contributed by atoms with Crippen molar-refractivity contribution in [2.45, 2.75) is 39.0 Å². The van der Waals surface area contributed by atoms with E-state index in [9.17, 15) is 0 Å². The van der Waals surface area contributed by atoms with Crippen LogP contribution >= 0.6 is 9.24 Å². The molecule has 1 atom stereocenters. The van der Waals surface area contributed by atoms with E-state index in [-0.39, 0.29) is 0 Å². The highest BCUT2D eigenvalue weighted by Gasteiger charge is 2.22. The Bertz CT molecular complexity index is 602. The number of benzene rings is 1. The third-order valence-electron chi connectivity index (χ3n) is 4.42. The van der Waals surface area contributed by atoms with Gasteiger partial charge in [-0.05, 0) is 65.3 Å². The fourth-order valence-corrected chi connectivity index (χ4v) is 3.99. The third kappa shape index (κ3) is 2.42. The van der Waals surface area contributed by atoms with E-state index in [1.54, 1.807) is 22.3 Å². The first-order valence-electron chi connectivity index (χ1n) is 7.74. The highest BCUT2D eigenvalue weighted by atomic mass is 31.0. The second-order valence-corrected chi connectivity index (χ2v) is 6.10. The van der Waals surface area contributed by atoms with Crippen LogP contribution in [0, 0.1) is 0 Å². The maximum absolute atomic E-state index is 2.95. The molecule has 0 bridgehead atoms. The summed E-state index contributed by atoms with van der Waals surface area (Å²) in [5.41, 5.74) is 9.37. The maximum Gasteiger partial charge on any atom is -0.00170 e. The number of rotatable bonds is 3. The van der Waals surface area contributed by atoms with E-state index in [1.165, 1.54) is 36.8 Å². The lowest BCUT2D eigenvalue weighted by Crippen LogP contribution is -2.01. The van der Waals surface area contributed by atoms with Gasteiger partial charge in [-0.25, -0.2) is 0 Å². The Kier molecular flexibility index (Phi) is 4.22. The molecule has 1 unspecified atom stereocenters. The Morgan fingerprint density at radius 1 is 1.15 bits per heavy atom. The van der Waals surface area contributed by atoms with Crippen LogP contribution < -0.4 is 0 Å². The summed E-state index contributed by atoms with van der Waals surface area (Å²) in [6, 6.07) is 8.98. The third-order valence-corrected chi connectivity index (χ3v) is 4.83. The number of allylic oxidation sites excluding steroid dienone is 6. The van der Waals surface area contributed by atoms with Gasteiger partial charge in [-0.15, -0.1) is 9.24 Å². The highest BCUT2D eigenvalue weighted by molar-refractivity contribution is 7.17. The fourth-order valence-electron chi connectivity index (χ4n) is 3.53. The molecule has 0 nitrogen and oxygen atoms in total. The molecule has 20 heavy (non-hydrogen) atoms. The van der Waals surface area contributed by atoms with Crippen LogP contribution in [0.3, 0.4) is 0 Å². The molecule has 0 radical (unpaired) electrons. The van der Waals surface area contributed by atoms with Crippen LogP contribution in [-0.4, -0.2) is 6.16 Å². The minimum atomic E-state index is 1.06. The van der Waals surface area contributed by atoms with E-state index < -0.39 is 0 Å². The Labute approximate surface area is 124 Å². The number of fused-ring (bicyclic) bond motifs is 1. The quantitative estimate of drug-likeness (QED) is 0.658. The van der Waals surface area contributed by atoms with E-state index >= 15 is 0 Å².